The molecule has 0 heterocycles. The van der Waals surface area contributed by atoms with E-state index in [1.165, 1.54) is 5.56 Å². The number of benzene rings is 1. The highest BCUT2D eigenvalue weighted by Crippen LogP contribution is 2.18. The van der Waals surface area contributed by atoms with Gasteiger partial charge in [0.15, 0.2) is 0 Å². The second-order valence-electron chi connectivity index (χ2n) is 5.03. The van der Waals surface area contributed by atoms with Gasteiger partial charge in [-0.1, -0.05) is 26.0 Å². The van der Waals surface area contributed by atoms with E-state index in [1.54, 1.807) is 0 Å². The molecule has 0 spiro atoms. The first-order chi connectivity index (χ1) is 9.02. The van der Waals surface area contributed by atoms with Crippen LogP contribution < -0.4 is 15.8 Å². The molecule has 1 rings (SSSR count). The molecule has 1 amide bonds. The maximum atomic E-state index is 11.5. The fourth-order valence-corrected chi connectivity index (χ4v) is 1.62. The van der Waals surface area contributed by atoms with Crippen LogP contribution in [0.25, 0.3) is 0 Å². The van der Waals surface area contributed by atoms with E-state index in [0.29, 0.717) is 25.5 Å². The molecule has 19 heavy (non-hydrogen) atoms. The molecule has 4 heteroatoms. The van der Waals surface area contributed by atoms with Crippen molar-refractivity contribution in [1.29, 1.82) is 0 Å². The number of carbonyl (C=O) groups excluding carboxylic acids is 1. The molecule has 0 aromatic heterocycles. The molecule has 1 atom stereocenters. The van der Waals surface area contributed by atoms with Gasteiger partial charge in [0, 0.05) is 12.6 Å². The van der Waals surface area contributed by atoms with Crippen molar-refractivity contribution in [1.82, 2.24) is 5.32 Å². The van der Waals surface area contributed by atoms with E-state index in [4.69, 9.17) is 10.5 Å². The van der Waals surface area contributed by atoms with Crippen molar-refractivity contribution in [3.05, 3.63) is 29.8 Å². The first kappa shape index (κ1) is 15.5. The van der Waals surface area contributed by atoms with Crippen LogP contribution in [0.5, 0.6) is 5.75 Å². The predicted molar refractivity (Wildman–Crippen MR) is 77.3 cm³/mol. The Morgan fingerprint density at radius 1 is 1.26 bits per heavy atom. The summed E-state index contributed by atoms with van der Waals surface area (Å²) in [6, 6.07) is 8.00. The number of amides is 1. The minimum Gasteiger partial charge on any atom is -0.493 e. The van der Waals surface area contributed by atoms with Crippen LogP contribution in [0.1, 0.15) is 38.7 Å². The van der Waals surface area contributed by atoms with Crippen LogP contribution in [0.4, 0.5) is 0 Å². The number of rotatable bonds is 7. The molecule has 0 saturated heterocycles. The normalized spacial score (nSPS) is 12.3. The van der Waals surface area contributed by atoms with Gasteiger partial charge in [0.1, 0.15) is 5.75 Å². The zero-order valence-corrected chi connectivity index (χ0v) is 12.0. The third-order valence-electron chi connectivity index (χ3n) is 2.91. The van der Waals surface area contributed by atoms with Crippen molar-refractivity contribution in [2.24, 2.45) is 5.73 Å². The van der Waals surface area contributed by atoms with Crippen molar-refractivity contribution in [3.63, 3.8) is 0 Å². The number of nitrogens with two attached hydrogens (primary N) is 1. The summed E-state index contributed by atoms with van der Waals surface area (Å²) in [7, 11) is 0. The molecule has 0 aliphatic carbocycles. The maximum absolute atomic E-state index is 11.5. The Hall–Kier alpha value is -1.55. The van der Waals surface area contributed by atoms with E-state index >= 15 is 0 Å². The third kappa shape index (κ3) is 5.75. The summed E-state index contributed by atoms with van der Waals surface area (Å²) in [5.74, 6) is 1.28. The summed E-state index contributed by atoms with van der Waals surface area (Å²) < 4.78 is 5.53. The number of hydrogen-bond donors (Lipinski definition) is 2. The topological polar surface area (TPSA) is 64.3 Å². The molecule has 0 aliphatic heterocycles. The highest BCUT2D eigenvalue weighted by molar-refractivity contribution is 5.76. The number of carbonyl (C=O) groups is 1. The SMILES string of the molecule is CC(C)c1ccc(OCCC(=O)N[C@@H](C)CN)cc1. The quantitative estimate of drug-likeness (QED) is 0.792. The predicted octanol–water partition coefficient (Wildman–Crippen LogP) is 2.04. The van der Waals surface area contributed by atoms with Crippen molar-refractivity contribution >= 4 is 5.91 Å². The lowest BCUT2D eigenvalue weighted by molar-refractivity contribution is -0.122. The molecule has 0 saturated carbocycles. The van der Waals surface area contributed by atoms with Gasteiger partial charge in [-0.3, -0.25) is 4.79 Å². The molecule has 0 bridgehead atoms. The fraction of sp³-hybridized carbons (Fsp3) is 0.533. The minimum atomic E-state index is -0.0308. The zero-order valence-electron chi connectivity index (χ0n) is 12.0. The molecule has 0 radical (unpaired) electrons. The van der Waals surface area contributed by atoms with E-state index in [0.717, 1.165) is 5.75 Å². The first-order valence-electron chi connectivity index (χ1n) is 6.75. The molecule has 4 nitrogen and oxygen atoms in total. The third-order valence-corrected chi connectivity index (χ3v) is 2.91. The molecule has 1 aromatic rings. The van der Waals surface area contributed by atoms with E-state index in [1.807, 2.05) is 19.1 Å². The van der Waals surface area contributed by atoms with Crippen LogP contribution >= 0.6 is 0 Å². The molecule has 0 unspecified atom stereocenters. The Morgan fingerprint density at radius 3 is 2.42 bits per heavy atom. The van der Waals surface area contributed by atoms with Crippen molar-refractivity contribution in [2.75, 3.05) is 13.2 Å². The van der Waals surface area contributed by atoms with Crippen molar-refractivity contribution in [2.45, 2.75) is 39.2 Å². The van der Waals surface area contributed by atoms with Gasteiger partial charge in [0.25, 0.3) is 0 Å². The average Bonchev–Trinajstić information content (AvgIpc) is 2.39. The summed E-state index contributed by atoms with van der Waals surface area (Å²) in [4.78, 5) is 11.5. The Morgan fingerprint density at radius 2 is 1.89 bits per heavy atom. The summed E-state index contributed by atoms with van der Waals surface area (Å²) in [5, 5.41) is 2.80. The van der Waals surface area contributed by atoms with Crippen LogP contribution in [0.2, 0.25) is 0 Å². The smallest absolute Gasteiger partial charge is 0.223 e. The molecule has 3 N–H and O–H groups in total. The molecular weight excluding hydrogens is 240 g/mol. The Labute approximate surface area is 115 Å². The first-order valence-corrected chi connectivity index (χ1v) is 6.75. The number of nitrogens with one attached hydrogen (secondary N) is 1. The second-order valence-corrected chi connectivity index (χ2v) is 5.03. The highest BCUT2D eigenvalue weighted by Gasteiger charge is 2.06. The van der Waals surface area contributed by atoms with Gasteiger partial charge in [0.05, 0.1) is 13.0 Å². The highest BCUT2D eigenvalue weighted by atomic mass is 16.5. The van der Waals surface area contributed by atoms with Gasteiger partial charge in [-0.25, -0.2) is 0 Å². The largest absolute Gasteiger partial charge is 0.493 e. The van der Waals surface area contributed by atoms with Crippen molar-refractivity contribution in [3.8, 4) is 5.75 Å². The lowest BCUT2D eigenvalue weighted by Gasteiger charge is -2.12. The number of ether oxygens (including phenoxy) is 1. The molecular formula is C15H24N2O2. The lowest BCUT2D eigenvalue weighted by Crippen LogP contribution is -2.38. The summed E-state index contributed by atoms with van der Waals surface area (Å²) in [5.41, 5.74) is 6.71. The maximum Gasteiger partial charge on any atom is 0.223 e. The van der Waals surface area contributed by atoms with Gasteiger partial charge in [-0.05, 0) is 30.5 Å². The van der Waals surface area contributed by atoms with Crippen molar-refractivity contribution < 1.29 is 9.53 Å². The second kappa shape index (κ2) is 7.79. The summed E-state index contributed by atoms with van der Waals surface area (Å²) >= 11 is 0. The van der Waals surface area contributed by atoms with Gasteiger partial charge in [-0.15, -0.1) is 0 Å². The lowest BCUT2D eigenvalue weighted by atomic mass is 10.0. The standard InChI is InChI=1S/C15H24N2O2/c1-11(2)13-4-6-14(7-5-13)19-9-8-15(18)17-12(3)10-16/h4-7,11-12H,8-10,16H2,1-3H3,(H,17,18)/t12-/m0/s1. The van der Waals surface area contributed by atoms with Gasteiger partial charge in [-0.2, -0.15) is 0 Å². The molecule has 106 valence electrons. The van der Waals surface area contributed by atoms with Crippen LogP contribution in [-0.2, 0) is 4.79 Å². The van der Waals surface area contributed by atoms with Crippen LogP contribution in [0.3, 0.4) is 0 Å². The van der Waals surface area contributed by atoms with E-state index in [2.05, 4.69) is 31.3 Å². The van der Waals surface area contributed by atoms with E-state index in [-0.39, 0.29) is 11.9 Å². The fourth-order valence-electron chi connectivity index (χ4n) is 1.62. The Kier molecular flexibility index (Phi) is 6.36. The molecule has 0 aliphatic rings. The monoisotopic (exact) mass is 264 g/mol. The Balaban J connectivity index is 2.31. The average molecular weight is 264 g/mol. The van der Waals surface area contributed by atoms with Gasteiger partial charge in [0.2, 0.25) is 5.91 Å². The zero-order chi connectivity index (χ0) is 14.3. The summed E-state index contributed by atoms with van der Waals surface area (Å²) in [6.45, 7) is 7.01. The van der Waals surface area contributed by atoms with Crippen LogP contribution in [0.15, 0.2) is 24.3 Å². The van der Waals surface area contributed by atoms with E-state index in [9.17, 15) is 4.79 Å². The van der Waals surface area contributed by atoms with Crippen LogP contribution in [0, 0.1) is 0 Å². The molecule has 0 fully saturated rings. The van der Waals surface area contributed by atoms with E-state index < -0.39 is 0 Å². The minimum absolute atomic E-state index is 0.0119. The number of hydrogen-bond acceptors (Lipinski definition) is 3. The van der Waals surface area contributed by atoms with Crippen LogP contribution in [-0.4, -0.2) is 25.1 Å². The van der Waals surface area contributed by atoms with Gasteiger partial charge < -0.3 is 15.8 Å². The molecule has 1 aromatic carbocycles. The Bertz CT molecular complexity index is 388. The van der Waals surface area contributed by atoms with Gasteiger partial charge >= 0.3 is 0 Å². The summed E-state index contributed by atoms with van der Waals surface area (Å²) in [6.07, 6.45) is 0.344.